The van der Waals surface area contributed by atoms with Gasteiger partial charge >= 0.3 is 0 Å². The summed E-state index contributed by atoms with van der Waals surface area (Å²) in [6, 6.07) is 14.6. The number of anilines is 2. The monoisotopic (exact) mass is 391 g/mol. The number of hydrogen-bond donors (Lipinski definition) is 1. The van der Waals surface area contributed by atoms with Crippen LogP contribution >= 0.6 is 23.2 Å². The van der Waals surface area contributed by atoms with E-state index in [9.17, 15) is 9.59 Å². The number of hydrogen-bond acceptors (Lipinski definition) is 3. The molecule has 0 aromatic heterocycles. The molecule has 0 spiro atoms. The smallest absolute Gasteiger partial charge is 0.253 e. The van der Waals surface area contributed by atoms with Crippen LogP contribution in [-0.2, 0) is 4.79 Å². The number of benzene rings is 2. The largest absolute Gasteiger partial charge is 0.368 e. The van der Waals surface area contributed by atoms with Crippen LogP contribution in [0.5, 0.6) is 0 Å². The molecular weight excluding hydrogens is 373 g/mol. The van der Waals surface area contributed by atoms with E-state index >= 15 is 0 Å². The van der Waals surface area contributed by atoms with Crippen molar-refractivity contribution in [1.82, 2.24) is 4.90 Å². The molecule has 0 atom stereocenters. The molecule has 136 valence electrons. The highest BCUT2D eigenvalue weighted by Gasteiger charge is 2.22. The maximum Gasteiger partial charge on any atom is 0.253 e. The number of carbonyl (C=O) groups excluding carboxylic acids is 2. The summed E-state index contributed by atoms with van der Waals surface area (Å²) in [5.74, 6) is -0.383. The lowest BCUT2D eigenvalue weighted by Gasteiger charge is -2.36. The van der Waals surface area contributed by atoms with E-state index in [-0.39, 0.29) is 17.7 Å². The van der Waals surface area contributed by atoms with Gasteiger partial charge in [-0.1, -0.05) is 17.7 Å². The van der Waals surface area contributed by atoms with Gasteiger partial charge in [0.15, 0.2) is 0 Å². The molecule has 1 aliphatic heterocycles. The second-order valence-electron chi connectivity index (χ2n) is 6.02. The summed E-state index contributed by atoms with van der Waals surface area (Å²) in [6.45, 7) is 2.82. The van der Waals surface area contributed by atoms with E-state index < -0.39 is 0 Å². The summed E-state index contributed by atoms with van der Waals surface area (Å²) in [5, 5.41) is 3.36. The molecule has 0 aliphatic carbocycles. The Bertz CT molecular complexity index is 788. The summed E-state index contributed by atoms with van der Waals surface area (Å²) in [6.07, 6.45) is 0. The van der Waals surface area contributed by atoms with Crippen LogP contribution in [0.4, 0.5) is 11.4 Å². The van der Waals surface area contributed by atoms with Gasteiger partial charge in [0, 0.05) is 48.1 Å². The third kappa shape index (κ3) is 4.48. The molecule has 2 amide bonds. The third-order valence-electron chi connectivity index (χ3n) is 4.28. The van der Waals surface area contributed by atoms with Gasteiger partial charge in [0.25, 0.3) is 5.91 Å². The summed E-state index contributed by atoms with van der Waals surface area (Å²) < 4.78 is 0. The summed E-state index contributed by atoms with van der Waals surface area (Å²) in [4.78, 5) is 28.0. The number of halogens is 2. The Morgan fingerprint density at radius 1 is 1.00 bits per heavy atom. The topological polar surface area (TPSA) is 52.7 Å². The van der Waals surface area contributed by atoms with Crippen molar-refractivity contribution in [3.8, 4) is 0 Å². The van der Waals surface area contributed by atoms with Crippen molar-refractivity contribution in [3.05, 3.63) is 59.1 Å². The highest BCUT2D eigenvalue weighted by atomic mass is 35.5. The zero-order valence-corrected chi connectivity index (χ0v) is 15.6. The van der Waals surface area contributed by atoms with Crippen LogP contribution in [0.1, 0.15) is 10.4 Å². The van der Waals surface area contributed by atoms with Crippen LogP contribution in [0.3, 0.4) is 0 Å². The molecule has 0 radical (unpaired) electrons. The first-order chi connectivity index (χ1) is 12.6. The van der Waals surface area contributed by atoms with Gasteiger partial charge in [-0.3, -0.25) is 9.59 Å². The molecule has 0 saturated carbocycles. The standard InChI is InChI=1S/C19H19Cl2N3O2/c20-13-18(25)22-16-6-4-14(5-7-16)19(26)24-10-8-23(9-11-24)17-3-1-2-15(21)12-17/h1-7,12H,8-11,13H2,(H,22,25). The van der Waals surface area contributed by atoms with Gasteiger partial charge in [-0.05, 0) is 42.5 Å². The molecule has 1 aliphatic rings. The van der Waals surface area contributed by atoms with Crippen molar-refractivity contribution in [2.24, 2.45) is 0 Å². The molecule has 0 unspecified atom stereocenters. The first-order valence-corrected chi connectivity index (χ1v) is 9.24. The minimum absolute atomic E-state index is 0.00837. The highest BCUT2D eigenvalue weighted by Crippen LogP contribution is 2.21. The van der Waals surface area contributed by atoms with Gasteiger partial charge in [0.05, 0.1) is 0 Å². The summed E-state index contributed by atoms with van der Waals surface area (Å²) in [5.41, 5.74) is 2.30. The Morgan fingerprint density at radius 3 is 2.31 bits per heavy atom. The maximum atomic E-state index is 12.7. The van der Waals surface area contributed by atoms with Crippen molar-refractivity contribution in [1.29, 1.82) is 0 Å². The van der Waals surface area contributed by atoms with Crippen LogP contribution in [0.25, 0.3) is 0 Å². The van der Waals surface area contributed by atoms with Crippen molar-refractivity contribution in [3.63, 3.8) is 0 Å². The van der Waals surface area contributed by atoms with E-state index in [2.05, 4.69) is 10.2 Å². The SMILES string of the molecule is O=C(CCl)Nc1ccc(C(=O)N2CCN(c3cccc(Cl)c3)CC2)cc1. The molecule has 2 aromatic carbocycles. The number of amides is 2. The van der Waals surface area contributed by atoms with Gasteiger partial charge < -0.3 is 15.1 Å². The highest BCUT2D eigenvalue weighted by molar-refractivity contribution is 6.30. The van der Waals surface area contributed by atoms with E-state index in [0.717, 1.165) is 18.8 Å². The number of nitrogens with one attached hydrogen (secondary N) is 1. The van der Waals surface area contributed by atoms with E-state index in [1.807, 2.05) is 29.2 Å². The average Bonchev–Trinajstić information content (AvgIpc) is 2.68. The molecule has 0 bridgehead atoms. The Kier molecular flexibility index (Phi) is 6.01. The van der Waals surface area contributed by atoms with Crippen LogP contribution < -0.4 is 10.2 Å². The Morgan fingerprint density at radius 2 is 1.69 bits per heavy atom. The molecule has 7 heteroatoms. The lowest BCUT2D eigenvalue weighted by molar-refractivity contribution is -0.113. The molecule has 2 aromatic rings. The molecule has 5 nitrogen and oxygen atoms in total. The molecule has 26 heavy (non-hydrogen) atoms. The predicted molar refractivity (Wildman–Crippen MR) is 105 cm³/mol. The van der Waals surface area contributed by atoms with E-state index in [1.54, 1.807) is 24.3 Å². The lowest BCUT2D eigenvalue weighted by Crippen LogP contribution is -2.48. The van der Waals surface area contributed by atoms with Gasteiger partial charge in [-0.2, -0.15) is 0 Å². The van der Waals surface area contributed by atoms with Gasteiger partial charge in [-0.15, -0.1) is 11.6 Å². The number of alkyl halides is 1. The summed E-state index contributed by atoms with van der Waals surface area (Å²) in [7, 11) is 0. The van der Waals surface area contributed by atoms with Crippen LogP contribution in [0.15, 0.2) is 48.5 Å². The van der Waals surface area contributed by atoms with Gasteiger partial charge in [0.2, 0.25) is 5.91 Å². The average molecular weight is 392 g/mol. The first-order valence-electron chi connectivity index (χ1n) is 8.32. The van der Waals surface area contributed by atoms with Crippen LogP contribution in [0, 0.1) is 0 Å². The lowest BCUT2D eigenvalue weighted by atomic mass is 10.1. The maximum absolute atomic E-state index is 12.7. The van der Waals surface area contributed by atoms with Crippen molar-refractivity contribution in [2.45, 2.75) is 0 Å². The predicted octanol–water partition coefficient (Wildman–Crippen LogP) is 3.48. The van der Waals surface area contributed by atoms with Crippen molar-refractivity contribution < 1.29 is 9.59 Å². The Balaban J connectivity index is 1.59. The fourth-order valence-electron chi connectivity index (χ4n) is 2.91. The quantitative estimate of drug-likeness (QED) is 0.811. The van der Waals surface area contributed by atoms with E-state index in [0.29, 0.717) is 29.4 Å². The fourth-order valence-corrected chi connectivity index (χ4v) is 3.17. The second kappa shape index (κ2) is 8.43. The fraction of sp³-hybridized carbons (Fsp3) is 0.263. The minimum atomic E-state index is -0.275. The number of rotatable bonds is 4. The Hall–Kier alpha value is -2.24. The number of nitrogens with zero attached hydrogens (tertiary/aromatic N) is 2. The molecule has 1 fully saturated rings. The zero-order valence-electron chi connectivity index (χ0n) is 14.1. The van der Waals surface area contributed by atoms with E-state index in [1.165, 1.54) is 0 Å². The molecular formula is C19H19Cl2N3O2. The molecule has 3 rings (SSSR count). The van der Waals surface area contributed by atoms with Crippen LogP contribution in [-0.4, -0.2) is 48.8 Å². The van der Waals surface area contributed by atoms with Crippen molar-refractivity contribution in [2.75, 3.05) is 42.3 Å². The number of piperazine rings is 1. The summed E-state index contributed by atoms with van der Waals surface area (Å²) >= 11 is 11.5. The minimum Gasteiger partial charge on any atom is -0.368 e. The number of carbonyl (C=O) groups is 2. The van der Waals surface area contributed by atoms with Gasteiger partial charge in [0.1, 0.15) is 5.88 Å². The van der Waals surface area contributed by atoms with Crippen molar-refractivity contribution >= 4 is 46.4 Å². The Labute approximate surface area is 162 Å². The molecule has 1 saturated heterocycles. The normalized spacial score (nSPS) is 14.2. The van der Waals surface area contributed by atoms with Crippen LogP contribution in [0.2, 0.25) is 5.02 Å². The van der Waals surface area contributed by atoms with E-state index in [4.69, 9.17) is 23.2 Å². The first kappa shape index (κ1) is 18.5. The zero-order chi connectivity index (χ0) is 18.5. The molecule has 1 N–H and O–H groups in total. The second-order valence-corrected chi connectivity index (χ2v) is 6.72. The van der Waals surface area contributed by atoms with Gasteiger partial charge in [-0.25, -0.2) is 0 Å². The molecule has 1 heterocycles. The third-order valence-corrected chi connectivity index (χ3v) is 4.76.